The second-order valence-corrected chi connectivity index (χ2v) is 9.16. The minimum absolute atomic E-state index is 0.111. The Bertz CT molecular complexity index is 716. The first-order chi connectivity index (χ1) is 11.7. The van der Waals surface area contributed by atoms with Gasteiger partial charge in [-0.1, -0.05) is 13.8 Å². The fourth-order valence-corrected chi connectivity index (χ4v) is 5.16. The van der Waals surface area contributed by atoms with Gasteiger partial charge in [0.2, 0.25) is 0 Å². The van der Waals surface area contributed by atoms with Crippen molar-refractivity contribution in [2.24, 2.45) is 5.92 Å². The van der Waals surface area contributed by atoms with Gasteiger partial charge in [-0.15, -0.1) is 0 Å². The van der Waals surface area contributed by atoms with Crippen molar-refractivity contribution in [3.8, 4) is 5.75 Å². The smallest absolute Gasteiger partial charge is 0.308 e. The molecule has 0 aromatic heterocycles. The molecule has 1 fully saturated rings. The van der Waals surface area contributed by atoms with E-state index in [1.807, 2.05) is 13.8 Å². The Labute approximate surface area is 149 Å². The number of likely N-dealkylation sites (tertiary alicyclic amines) is 1. The van der Waals surface area contributed by atoms with Crippen LogP contribution in [0.3, 0.4) is 0 Å². The number of amides is 1. The minimum atomic E-state index is -3.10. The highest BCUT2D eigenvalue weighted by molar-refractivity contribution is 7.92. The highest BCUT2D eigenvalue weighted by Gasteiger charge is 2.32. The van der Waals surface area contributed by atoms with Crippen molar-refractivity contribution in [1.29, 1.82) is 0 Å². The van der Waals surface area contributed by atoms with Crippen molar-refractivity contribution >= 4 is 21.7 Å². The summed E-state index contributed by atoms with van der Waals surface area (Å²) in [5.41, 5.74) is 0.499. The van der Waals surface area contributed by atoms with E-state index in [2.05, 4.69) is 0 Å². The predicted molar refractivity (Wildman–Crippen MR) is 95.3 cm³/mol. The summed E-state index contributed by atoms with van der Waals surface area (Å²) < 4.78 is 29.6. The molecular weight excluding hydrogens is 342 g/mol. The lowest BCUT2D eigenvalue weighted by Gasteiger charge is -2.32. The van der Waals surface area contributed by atoms with Gasteiger partial charge in [0.15, 0.2) is 9.84 Å². The summed E-state index contributed by atoms with van der Waals surface area (Å²) >= 11 is 0. The van der Waals surface area contributed by atoms with Crippen LogP contribution in [0.1, 0.15) is 44.0 Å². The molecule has 7 heteroatoms. The van der Waals surface area contributed by atoms with Crippen LogP contribution < -0.4 is 4.74 Å². The topological polar surface area (TPSA) is 80.8 Å². The molecule has 0 spiro atoms. The number of piperidine rings is 1. The normalized spacial score (nSPS) is 16.1. The van der Waals surface area contributed by atoms with E-state index in [0.717, 1.165) is 0 Å². The minimum Gasteiger partial charge on any atom is -0.427 e. The summed E-state index contributed by atoms with van der Waals surface area (Å²) in [6.45, 7) is 5.99. The van der Waals surface area contributed by atoms with Gasteiger partial charge < -0.3 is 9.64 Å². The highest BCUT2D eigenvalue weighted by Crippen LogP contribution is 2.22. The fraction of sp³-hybridized carbons (Fsp3) is 0.556. The summed E-state index contributed by atoms with van der Waals surface area (Å²) in [6.07, 6.45) is 0.957. The Morgan fingerprint density at radius 3 is 2.20 bits per heavy atom. The Morgan fingerprint density at radius 2 is 1.72 bits per heavy atom. The van der Waals surface area contributed by atoms with Crippen LogP contribution in [0.15, 0.2) is 24.3 Å². The van der Waals surface area contributed by atoms with Crippen molar-refractivity contribution in [1.82, 2.24) is 4.90 Å². The molecule has 0 aliphatic carbocycles. The molecule has 0 bridgehead atoms. The SMILES string of the molecule is CC(=O)Oc1ccc(C(=O)N2CCC(S(=O)(=O)CC(C)C)CC2)cc1. The van der Waals surface area contributed by atoms with Crippen molar-refractivity contribution in [2.45, 2.75) is 38.9 Å². The van der Waals surface area contributed by atoms with E-state index in [4.69, 9.17) is 4.74 Å². The summed E-state index contributed by atoms with van der Waals surface area (Å²) in [4.78, 5) is 25.1. The van der Waals surface area contributed by atoms with Gasteiger partial charge >= 0.3 is 5.97 Å². The van der Waals surface area contributed by atoms with Gasteiger partial charge in [-0.25, -0.2) is 8.42 Å². The number of esters is 1. The first-order valence-electron chi connectivity index (χ1n) is 8.48. The maximum atomic E-state index is 12.5. The van der Waals surface area contributed by atoms with E-state index in [9.17, 15) is 18.0 Å². The number of hydrogen-bond donors (Lipinski definition) is 0. The molecule has 1 saturated heterocycles. The maximum absolute atomic E-state index is 12.5. The molecule has 0 saturated carbocycles. The van der Waals surface area contributed by atoms with E-state index in [1.54, 1.807) is 29.2 Å². The zero-order valence-corrected chi connectivity index (χ0v) is 15.7. The molecule has 0 atom stereocenters. The third-order valence-corrected chi connectivity index (χ3v) is 6.78. The van der Waals surface area contributed by atoms with Gasteiger partial charge in [-0.05, 0) is 43.0 Å². The lowest BCUT2D eigenvalue weighted by atomic mass is 10.1. The molecule has 25 heavy (non-hydrogen) atoms. The van der Waals surface area contributed by atoms with Crippen LogP contribution in [0.25, 0.3) is 0 Å². The summed E-state index contributed by atoms with van der Waals surface area (Å²) in [5, 5.41) is -0.356. The molecule has 2 rings (SSSR count). The van der Waals surface area contributed by atoms with E-state index < -0.39 is 15.8 Å². The summed E-state index contributed by atoms with van der Waals surface area (Å²) in [6, 6.07) is 6.38. The molecule has 1 aromatic carbocycles. The second-order valence-electron chi connectivity index (χ2n) is 6.83. The average molecular weight is 367 g/mol. The molecule has 1 heterocycles. The Hall–Kier alpha value is -1.89. The fourth-order valence-electron chi connectivity index (χ4n) is 3.03. The number of benzene rings is 1. The van der Waals surface area contributed by atoms with Crippen molar-refractivity contribution in [3.63, 3.8) is 0 Å². The maximum Gasteiger partial charge on any atom is 0.308 e. The number of rotatable bonds is 5. The number of carbonyl (C=O) groups is 2. The van der Waals surface area contributed by atoms with E-state index in [0.29, 0.717) is 37.2 Å². The molecule has 1 aromatic rings. The van der Waals surface area contributed by atoms with Gasteiger partial charge in [0.25, 0.3) is 5.91 Å². The standard InChI is InChI=1S/C18H25NO5S/c1-13(2)12-25(22,23)17-8-10-19(11-9-17)18(21)15-4-6-16(7-5-15)24-14(3)20/h4-7,13,17H,8-12H2,1-3H3. The molecule has 0 unspecified atom stereocenters. The second kappa shape index (κ2) is 7.99. The van der Waals surface area contributed by atoms with Crippen LogP contribution >= 0.6 is 0 Å². The van der Waals surface area contributed by atoms with Gasteiger partial charge in [-0.3, -0.25) is 9.59 Å². The van der Waals surface area contributed by atoms with Gasteiger partial charge in [0, 0.05) is 25.6 Å². The van der Waals surface area contributed by atoms with E-state index >= 15 is 0 Å². The molecular formula is C18H25NO5S. The first-order valence-corrected chi connectivity index (χ1v) is 10.2. The zero-order chi connectivity index (χ0) is 18.6. The van der Waals surface area contributed by atoms with Gasteiger partial charge in [0.05, 0.1) is 11.0 Å². The van der Waals surface area contributed by atoms with Gasteiger partial charge in [0.1, 0.15) is 5.75 Å². The Kier molecular flexibility index (Phi) is 6.21. The number of hydrogen-bond acceptors (Lipinski definition) is 5. The predicted octanol–water partition coefficient (Wildman–Crippen LogP) is 2.29. The largest absolute Gasteiger partial charge is 0.427 e. The highest BCUT2D eigenvalue weighted by atomic mass is 32.2. The Morgan fingerprint density at radius 1 is 1.16 bits per heavy atom. The number of sulfone groups is 1. The monoisotopic (exact) mass is 367 g/mol. The molecule has 6 nitrogen and oxygen atoms in total. The number of nitrogens with zero attached hydrogens (tertiary/aromatic N) is 1. The zero-order valence-electron chi connectivity index (χ0n) is 14.9. The average Bonchev–Trinajstić information content (AvgIpc) is 2.53. The van der Waals surface area contributed by atoms with Crippen molar-refractivity contribution < 1.29 is 22.7 Å². The third-order valence-electron chi connectivity index (χ3n) is 4.17. The van der Waals surface area contributed by atoms with Crippen LogP contribution in [-0.4, -0.2) is 49.3 Å². The molecule has 0 N–H and O–H groups in total. The third kappa shape index (κ3) is 5.29. The lowest BCUT2D eigenvalue weighted by molar-refractivity contribution is -0.131. The molecule has 0 radical (unpaired) electrons. The number of carbonyl (C=O) groups excluding carboxylic acids is 2. The summed E-state index contributed by atoms with van der Waals surface area (Å²) in [7, 11) is -3.10. The van der Waals surface area contributed by atoms with E-state index in [-0.39, 0.29) is 22.8 Å². The van der Waals surface area contributed by atoms with Crippen LogP contribution in [-0.2, 0) is 14.6 Å². The molecule has 1 aliphatic rings. The van der Waals surface area contributed by atoms with Crippen LogP contribution in [0, 0.1) is 5.92 Å². The van der Waals surface area contributed by atoms with Gasteiger partial charge in [-0.2, -0.15) is 0 Å². The Balaban J connectivity index is 1.96. The first kappa shape index (κ1) is 19.4. The summed E-state index contributed by atoms with van der Waals surface area (Å²) in [5.74, 6) is 0.157. The van der Waals surface area contributed by atoms with E-state index in [1.165, 1.54) is 6.92 Å². The van der Waals surface area contributed by atoms with Crippen LogP contribution in [0.4, 0.5) is 0 Å². The van der Waals surface area contributed by atoms with Crippen molar-refractivity contribution in [2.75, 3.05) is 18.8 Å². The molecule has 1 amide bonds. The quantitative estimate of drug-likeness (QED) is 0.589. The lowest BCUT2D eigenvalue weighted by Crippen LogP contribution is -2.43. The molecule has 1 aliphatic heterocycles. The van der Waals surface area contributed by atoms with Crippen LogP contribution in [0.5, 0.6) is 5.75 Å². The van der Waals surface area contributed by atoms with Crippen molar-refractivity contribution in [3.05, 3.63) is 29.8 Å². The molecule has 138 valence electrons. The van der Waals surface area contributed by atoms with Crippen LogP contribution in [0.2, 0.25) is 0 Å². The number of ether oxygens (including phenoxy) is 1.